The van der Waals surface area contributed by atoms with Crippen molar-refractivity contribution in [1.82, 2.24) is 4.98 Å². The zero-order valence-corrected chi connectivity index (χ0v) is 8.67. The fourth-order valence-corrected chi connectivity index (χ4v) is 1.72. The van der Waals surface area contributed by atoms with Gasteiger partial charge in [0.1, 0.15) is 0 Å². The van der Waals surface area contributed by atoms with E-state index in [1.165, 1.54) is 6.20 Å². The number of fused-ring (bicyclic) bond motifs is 1. The molecule has 0 saturated carbocycles. The Morgan fingerprint density at radius 1 is 1.25 bits per heavy atom. The Bertz CT molecular complexity index is 517. The lowest BCUT2D eigenvalue weighted by atomic mass is 10.0. The molecule has 0 spiro atoms. The SMILES string of the molecule is CCc1cc2cccnc2cc1C(F)(F)F. The molecule has 0 unspecified atom stereocenters. The molecule has 0 aliphatic carbocycles. The first-order chi connectivity index (χ1) is 7.52. The van der Waals surface area contributed by atoms with Crippen LogP contribution in [0.25, 0.3) is 10.9 Å². The maximum Gasteiger partial charge on any atom is 0.416 e. The van der Waals surface area contributed by atoms with Crippen molar-refractivity contribution in [2.75, 3.05) is 0 Å². The number of rotatable bonds is 1. The molecular weight excluding hydrogens is 215 g/mol. The smallest absolute Gasteiger partial charge is 0.256 e. The van der Waals surface area contributed by atoms with Crippen molar-refractivity contribution < 1.29 is 13.2 Å². The summed E-state index contributed by atoms with van der Waals surface area (Å²) in [6.07, 6.45) is -2.45. The summed E-state index contributed by atoms with van der Waals surface area (Å²) in [6, 6.07) is 6.16. The highest BCUT2D eigenvalue weighted by atomic mass is 19.4. The van der Waals surface area contributed by atoms with Gasteiger partial charge in [-0.15, -0.1) is 0 Å². The van der Waals surface area contributed by atoms with Crippen LogP contribution >= 0.6 is 0 Å². The maximum atomic E-state index is 12.7. The van der Waals surface area contributed by atoms with E-state index in [9.17, 15) is 13.2 Å². The minimum atomic E-state index is -4.31. The van der Waals surface area contributed by atoms with Gasteiger partial charge in [-0.3, -0.25) is 4.98 Å². The Morgan fingerprint density at radius 2 is 2.00 bits per heavy atom. The summed E-state index contributed by atoms with van der Waals surface area (Å²) in [5.74, 6) is 0. The summed E-state index contributed by atoms with van der Waals surface area (Å²) in [5, 5.41) is 0.743. The number of hydrogen-bond donors (Lipinski definition) is 0. The molecule has 0 bridgehead atoms. The first-order valence-electron chi connectivity index (χ1n) is 4.97. The van der Waals surface area contributed by atoms with Gasteiger partial charge >= 0.3 is 6.18 Å². The van der Waals surface area contributed by atoms with Gasteiger partial charge in [0.15, 0.2) is 0 Å². The zero-order chi connectivity index (χ0) is 11.8. The van der Waals surface area contributed by atoms with Crippen LogP contribution in [0.4, 0.5) is 13.2 Å². The van der Waals surface area contributed by atoms with Crippen LogP contribution in [-0.2, 0) is 12.6 Å². The van der Waals surface area contributed by atoms with Gasteiger partial charge in [-0.2, -0.15) is 13.2 Å². The molecule has 2 rings (SSSR count). The third-order valence-electron chi connectivity index (χ3n) is 2.51. The summed E-state index contributed by atoms with van der Waals surface area (Å²) in [5.41, 5.74) is 0.112. The van der Waals surface area contributed by atoms with Crippen molar-refractivity contribution >= 4 is 10.9 Å². The number of aryl methyl sites for hydroxylation is 1. The first-order valence-corrected chi connectivity index (χ1v) is 4.97. The fourth-order valence-electron chi connectivity index (χ4n) is 1.72. The third kappa shape index (κ3) is 1.87. The Kier molecular flexibility index (Phi) is 2.58. The van der Waals surface area contributed by atoms with Crippen molar-refractivity contribution in [3.8, 4) is 0 Å². The largest absolute Gasteiger partial charge is 0.416 e. The highest BCUT2D eigenvalue weighted by Gasteiger charge is 2.33. The molecule has 16 heavy (non-hydrogen) atoms. The molecule has 0 radical (unpaired) electrons. The molecule has 0 aliphatic heterocycles. The molecule has 0 atom stereocenters. The fraction of sp³-hybridized carbons (Fsp3) is 0.250. The van der Waals surface area contributed by atoms with Crippen LogP contribution in [-0.4, -0.2) is 4.98 Å². The number of nitrogens with zero attached hydrogens (tertiary/aromatic N) is 1. The van der Waals surface area contributed by atoms with E-state index in [0.717, 1.165) is 11.5 Å². The standard InChI is InChI=1S/C12H10F3N/c1-2-8-6-9-4-3-5-16-11(9)7-10(8)12(13,14)15/h3-7H,2H2,1H3. The Labute approximate surface area is 90.9 Å². The summed E-state index contributed by atoms with van der Waals surface area (Å²) < 4.78 is 38.2. The Hall–Kier alpha value is -1.58. The van der Waals surface area contributed by atoms with Crippen LogP contribution in [0, 0.1) is 0 Å². The quantitative estimate of drug-likeness (QED) is 0.719. The molecule has 0 fully saturated rings. The van der Waals surface area contributed by atoms with E-state index < -0.39 is 11.7 Å². The number of alkyl halides is 3. The Morgan fingerprint density at radius 3 is 2.62 bits per heavy atom. The van der Waals surface area contributed by atoms with Crippen LogP contribution < -0.4 is 0 Å². The summed E-state index contributed by atoms with van der Waals surface area (Å²) in [6.45, 7) is 1.72. The molecule has 84 valence electrons. The molecule has 1 aromatic heterocycles. The first kappa shape index (κ1) is 10.9. The third-order valence-corrected chi connectivity index (χ3v) is 2.51. The molecule has 0 N–H and O–H groups in total. The molecule has 1 aromatic carbocycles. The highest BCUT2D eigenvalue weighted by molar-refractivity contribution is 5.80. The summed E-state index contributed by atoms with van der Waals surface area (Å²) in [7, 11) is 0. The van der Waals surface area contributed by atoms with Crippen LogP contribution in [0.1, 0.15) is 18.1 Å². The van der Waals surface area contributed by atoms with Crippen LogP contribution in [0.5, 0.6) is 0 Å². The van der Waals surface area contributed by atoms with E-state index in [1.807, 2.05) is 0 Å². The van der Waals surface area contributed by atoms with Crippen molar-refractivity contribution in [3.63, 3.8) is 0 Å². The Balaban J connectivity index is 2.73. The van der Waals surface area contributed by atoms with Gasteiger partial charge in [0.2, 0.25) is 0 Å². The average Bonchev–Trinajstić information content (AvgIpc) is 2.26. The summed E-state index contributed by atoms with van der Waals surface area (Å²) >= 11 is 0. The second kappa shape index (κ2) is 3.77. The van der Waals surface area contributed by atoms with Crippen molar-refractivity contribution in [3.05, 3.63) is 41.6 Å². The van der Waals surface area contributed by atoms with Crippen molar-refractivity contribution in [2.24, 2.45) is 0 Å². The number of aromatic nitrogens is 1. The second-order valence-corrected chi connectivity index (χ2v) is 3.56. The van der Waals surface area contributed by atoms with E-state index in [-0.39, 0.29) is 0 Å². The van der Waals surface area contributed by atoms with E-state index in [0.29, 0.717) is 17.5 Å². The molecule has 1 heterocycles. The lowest BCUT2D eigenvalue weighted by Crippen LogP contribution is -2.09. The average molecular weight is 225 g/mol. The maximum absolute atomic E-state index is 12.7. The zero-order valence-electron chi connectivity index (χ0n) is 8.67. The predicted molar refractivity (Wildman–Crippen MR) is 56.1 cm³/mol. The lowest BCUT2D eigenvalue weighted by Gasteiger charge is -2.12. The monoisotopic (exact) mass is 225 g/mol. The minimum absolute atomic E-state index is 0.313. The van der Waals surface area contributed by atoms with Gasteiger partial charge in [0, 0.05) is 11.6 Å². The predicted octanol–water partition coefficient (Wildman–Crippen LogP) is 3.82. The van der Waals surface area contributed by atoms with Gasteiger partial charge in [-0.05, 0) is 30.2 Å². The number of hydrogen-bond acceptors (Lipinski definition) is 1. The van der Waals surface area contributed by atoms with Gasteiger partial charge in [-0.1, -0.05) is 13.0 Å². The van der Waals surface area contributed by atoms with Crippen LogP contribution in [0.3, 0.4) is 0 Å². The van der Waals surface area contributed by atoms with Gasteiger partial charge < -0.3 is 0 Å². The number of benzene rings is 1. The summed E-state index contributed by atoms with van der Waals surface area (Å²) in [4.78, 5) is 3.93. The van der Waals surface area contributed by atoms with Gasteiger partial charge in [0.05, 0.1) is 11.1 Å². The van der Waals surface area contributed by atoms with Crippen molar-refractivity contribution in [2.45, 2.75) is 19.5 Å². The molecule has 0 saturated heterocycles. The molecule has 0 aliphatic rings. The molecule has 0 amide bonds. The number of pyridine rings is 1. The van der Waals surface area contributed by atoms with Crippen molar-refractivity contribution in [1.29, 1.82) is 0 Å². The van der Waals surface area contributed by atoms with Gasteiger partial charge in [0.25, 0.3) is 0 Å². The van der Waals surface area contributed by atoms with Crippen LogP contribution in [0.2, 0.25) is 0 Å². The van der Waals surface area contributed by atoms with Gasteiger partial charge in [-0.25, -0.2) is 0 Å². The lowest BCUT2D eigenvalue weighted by molar-refractivity contribution is -0.138. The van der Waals surface area contributed by atoms with Crippen LogP contribution in [0.15, 0.2) is 30.5 Å². The molecule has 1 nitrogen and oxygen atoms in total. The second-order valence-electron chi connectivity index (χ2n) is 3.56. The topological polar surface area (TPSA) is 12.9 Å². The number of halogens is 3. The van der Waals surface area contributed by atoms with E-state index in [2.05, 4.69) is 4.98 Å². The van der Waals surface area contributed by atoms with E-state index in [4.69, 9.17) is 0 Å². The highest BCUT2D eigenvalue weighted by Crippen LogP contribution is 2.34. The molecular formula is C12H10F3N. The minimum Gasteiger partial charge on any atom is -0.256 e. The van der Waals surface area contributed by atoms with E-state index in [1.54, 1.807) is 25.1 Å². The molecule has 2 aromatic rings. The molecule has 4 heteroatoms. The van der Waals surface area contributed by atoms with E-state index >= 15 is 0 Å². The normalized spacial score (nSPS) is 12.0.